The minimum absolute atomic E-state index is 0. The van der Waals surface area contributed by atoms with Crippen molar-refractivity contribution in [2.45, 2.75) is 53.4 Å². The monoisotopic (exact) mass is 461 g/mol. The minimum atomic E-state index is 0. The van der Waals surface area contributed by atoms with Gasteiger partial charge < -0.3 is 15.7 Å². The van der Waals surface area contributed by atoms with E-state index in [9.17, 15) is 5.11 Å². The van der Waals surface area contributed by atoms with Gasteiger partial charge in [0.15, 0.2) is 5.96 Å². The second-order valence-corrected chi connectivity index (χ2v) is 6.54. The van der Waals surface area contributed by atoms with Gasteiger partial charge in [-0.05, 0) is 50.5 Å². The molecule has 0 fully saturated rings. The van der Waals surface area contributed by atoms with Crippen LogP contribution in [0.2, 0.25) is 0 Å². The van der Waals surface area contributed by atoms with E-state index in [2.05, 4.69) is 62.6 Å². The number of halogens is 1. The molecule has 0 radical (unpaired) electrons. The average Bonchev–Trinajstić information content (AvgIpc) is 2.60. The molecule has 144 valence electrons. The quantitative estimate of drug-likeness (QED) is 0.282. The van der Waals surface area contributed by atoms with Gasteiger partial charge >= 0.3 is 0 Å². The van der Waals surface area contributed by atoms with Crippen molar-refractivity contribution >= 4 is 29.9 Å². The van der Waals surface area contributed by atoms with Crippen LogP contribution in [0.5, 0.6) is 0 Å². The Labute approximate surface area is 170 Å². The second kappa shape index (κ2) is 13.4. The number of hydrogen-bond acceptors (Lipinski definition) is 2. The van der Waals surface area contributed by atoms with Crippen LogP contribution in [0.1, 0.15) is 51.2 Å². The molecule has 0 aliphatic carbocycles. The molecule has 0 atom stereocenters. The van der Waals surface area contributed by atoms with Crippen LogP contribution < -0.4 is 10.6 Å². The molecule has 5 heteroatoms. The summed E-state index contributed by atoms with van der Waals surface area (Å²) < 4.78 is 0. The van der Waals surface area contributed by atoms with E-state index in [0.29, 0.717) is 0 Å². The molecular formula is C20H36IN3O. The van der Waals surface area contributed by atoms with Gasteiger partial charge in [0.2, 0.25) is 0 Å². The fourth-order valence-electron chi connectivity index (χ4n) is 2.81. The molecule has 0 unspecified atom stereocenters. The van der Waals surface area contributed by atoms with Gasteiger partial charge in [-0.25, -0.2) is 0 Å². The zero-order valence-corrected chi connectivity index (χ0v) is 18.6. The summed E-state index contributed by atoms with van der Waals surface area (Å²) in [6.45, 7) is 11.3. The minimum Gasteiger partial charge on any atom is -0.396 e. The Morgan fingerprint density at radius 2 is 1.72 bits per heavy atom. The predicted octanol–water partition coefficient (Wildman–Crippen LogP) is 3.90. The van der Waals surface area contributed by atoms with E-state index in [1.165, 1.54) is 11.1 Å². The summed E-state index contributed by atoms with van der Waals surface area (Å²) in [5.74, 6) is 0.869. The summed E-state index contributed by atoms with van der Waals surface area (Å²) in [7, 11) is 0. The van der Waals surface area contributed by atoms with E-state index in [1.807, 2.05) is 0 Å². The van der Waals surface area contributed by atoms with Crippen LogP contribution in [-0.2, 0) is 6.42 Å². The zero-order chi connectivity index (χ0) is 17.8. The molecule has 1 aromatic rings. The number of nitrogens with zero attached hydrogens (tertiary/aromatic N) is 1. The molecule has 0 bridgehead atoms. The van der Waals surface area contributed by atoms with Gasteiger partial charge in [0.05, 0.1) is 0 Å². The number of aryl methyl sites for hydroxylation is 1. The predicted molar refractivity (Wildman–Crippen MR) is 119 cm³/mol. The first-order chi connectivity index (χ1) is 11.6. The van der Waals surface area contributed by atoms with E-state index in [-0.39, 0.29) is 36.0 Å². The molecule has 0 saturated carbocycles. The van der Waals surface area contributed by atoms with E-state index < -0.39 is 0 Å². The average molecular weight is 461 g/mol. The molecule has 3 N–H and O–H groups in total. The van der Waals surface area contributed by atoms with Gasteiger partial charge in [-0.15, -0.1) is 24.0 Å². The highest BCUT2D eigenvalue weighted by Crippen LogP contribution is 2.30. The lowest BCUT2D eigenvalue weighted by atomic mass is 9.79. The highest BCUT2D eigenvalue weighted by Gasteiger charge is 2.25. The van der Waals surface area contributed by atoms with Crippen molar-refractivity contribution in [1.29, 1.82) is 0 Å². The normalized spacial score (nSPS) is 11.8. The third-order valence-electron chi connectivity index (χ3n) is 4.89. The van der Waals surface area contributed by atoms with Gasteiger partial charge in [0.25, 0.3) is 0 Å². The number of benzene rings is 1. The Bertz CT molecular complexity index is 484. The van der Waals surface area contributed by atoms with Crippen LogP contribution in [0.3, 0.4) is 0 Å². The lowest BCUT2D eigenvalue weighted by Crippen LogP contribution is -2.39. The van der Waals surface area contributed by atoms with Crippen LogP contribution >= 0.6 is 24.0 Å². The van der Waals surface area contributed by atoms with Gasteiger partial charge in [0.1, 0.15) is 0 Å². The molecule has 25 heavy (non-hydrogen) atoms. The first kappa shape index (κ1) is 24.2. The third-order valence-corrected chi connectivity index (χ3v) is 4.89. The molecule has 0 aromatic heterocycles. The van der Waals surface area contributed by atoms with Crippen molar-refractivity contribution in [2.75, 3.05) is 26.2 Å². The van der Waals surface area contributed by atoms with Gasteiger partial charge in [-0.3, -0.25) is 4.99 Å². The number of nitrogens with one attached hydrogen (secondary N) is 2. The smallest absolute Gasteiger partial charge is 0.191 e. The van der Waals surface area contributed by atoms with Gasteiger partial charge in [-0.2, -0.15) is 0 Å². The van der Waals surface area contributed by atoms with Crippen molar-refractivity contribution in [3.63, 3.8) is 0 Å². The zero-order valence-electron chi connectivity index (χ0n) is 16.3. The third kappa shape index (κ3) is 8.90. The summed E-state index contributed by atoms with van der Waals surface area (Å²) in [5, 5.41) is 16.1. The fraction of sp³-hybridized carbons (Fsp3) is 0.650. The Kier molecular flexibility index (Phi) is 13.0. The van der Waals surface area contributed by atoms with Gasteiger partial charge in [-0.1, -0.05) is 43.7 Å². The van der Waals surface area contributed by atoms with Crippen LogP contribution in [0.15, 0.2) is 29.3 Å². The fourth-order valence-corrected chi connectivity index (χ4v) is 2.81. The maximum Gasteiger partial charge on any atom is 0.191 e. The summed E-state index contributed by atoms with van der Waals surface area (Å²) in [6.07, 6.45) is 3.87. The van der Waals surface area contributed by atoms with E-state index in [1.54, 1.807) is 0 Å². The molecule has 0 aliphatic heterocycles. The molecule has 0 aliphatic rings. The summed E-state index contributed by atoms with van der Waals surface area (Å²) >= 11 is 0. The Hall–Kier alpha value is -0.820. The van der Waals surface area contributed by atoms with Gasteiger partial charge in [0, 0.05) is 26.2 Å². The molecule has 0 spiro atoms. The number of guanidine groups is 1. The first-order valence-corrected chi connectivity index (χ1v) is 9.27. The summed E-state index contributed by atoms with van der Waals surface area (Å²) in [4.78, 5) is 4.77. The number of hydrogen-bond donors (Lipinski definition) is 3. The standard InChI is InChI=1S/C20H35N3O.HI/c1-5-20(6-2,13-15-24)16-23-19(21-7-3)22-14-12-18-10-8-17(4)9-11-18;/h8-11,24H,5-7,12-16H2,1-4H3,(H2,21,22,23);1H. The second-order valence-electron chi connectivity index (χ2n) is 6.54. The Balaban J connectivity index is 0.00000576. The lowest BCUT2D eigenvalue weighted by molar-refractivity contribution is 0.175. The van der Waals surface area contributed by atoms with Crippen LogP contribution in [-0.4, -0.2) is 37.3 Å². The number of aliphatic hydroxyl groups is 1. The highest BCUT2D eigenvalue weighted by atomic mass is 127. The topological polar surface area (TPSA) is 56.7 Å². The maximum absolute atomic E-state index is 9.34. The van der Waals surface area contributed by atoms with E-state index in [4.69, 9.17) is 4.99 Å². The summed E-state index contributed by atoms with van der Waals surface area (Å²) in [6, 6.07) is 8.67. The Morgan fingerprint density at radius 3 is 2.24 bits per heavy atom. The number of rotatable bonds is 10. The van der Waals surface area contributed by atoms with Crippen LogP contribution in [0.25, 0.3) is 0 Å². The first-order valence-electron chi connectivity index (χ1n) is 9.27. The maximum atomic E-state index is 9.34. The van der Waals surface area contributed by atoms with Crippen molar-refractivity contribution in [3.8, 4) is 0 Å². The number of aliphatic hydroxyl groups excluding tert-OH is 1. The molecule has 0 heterocycles. The number of aliphatic imine (C=N–C) groups is 1. The molecule has 0 saturated heterocycles. The Morgan fingerprint density at radius 1 is 1.08 bits per heavy atom. The van der Waals surface area contributed by atoms with Crippen LogP contribution in [0, 0.1) is 12.3 Å². The molecule has 1 aromatic carbocycles. The van der Waals surface area contributed by atoms with Crippen LogP contribution in [0.4, 0.5) is 0 Å². The van der Waals surface area contributed by atoms with Crippen molar-refractivity contribution in [2.24, 2.45) is 10.4 Å². The molecular weight excluding hydrogens is 425 g/mol. The molecule has 1 rings (SSSR count). The lowest BCUT2D eigenvalue weighted by Gasteiger charge is -2.29. The van der Waals surface area contributed by atoms with Crippen molar-refractivity contribution in [3.05, 3.63) is 35.4 Å². The van der Waals surface area contributed by atoms with E-state index in [0.717, 1.165) is 51.3 Å². The largest absolute Gasteiger partial charge is 0.396 e. The molecule has 4 nitrogen and oxygen atoms in total. The summed E-state index contributed by atoms with van der Waals surface area (Å²) in [5.41, 5.74) is 2.73. The SMILES string of the molecule is CCNC(=NCC(CC)(CC)CCO)NCCc1ccc(C)cc1.I. The van der Waals surface area contributed by atoms with Crippen molar-refractivity contribution < 1.29 is 5.11 Å². The van der Waals surface area contributed by atoms with E-state index >= 15 is 0 Å². The highest BCUT2D eigenvalue weighted by molar-refractivity contribution is 14.0. The molecule has 0 amide bonds. The van der Waals surface area contributed by atoms with Crippen molar-refractivity contribution in [1.82, 2.24) is 10.6 Å².